The summed E-state index contributed by atoms with van der Waals surface area (Å²) in [4.78, 5) is 12.3. The number of halogens is 1. The van der Waals surface area contributed by atoms with Crippen molar-refractivity contribution in [2.75, 3.05) is 13.2 Å². The average Bonchev–Trinajstić information content (AvgIpc) is 2.50. The Morgan fingerprint density at radius 1 is 1.19 bits per heavy atom. The first-order chi connectivity index (χ1) is 10.3. The molecule has 0 saturated carbocycles. The van der Waals surface area contributed by atoms with Crippen LogP contribution in [0.1, 0.15) is 24.7 Å². The van der Waals surface area contributed by atoms with Gasteiger partial charge in [-0.05, 0) is 37.5 Å². The Kier molecular flexibility index (Phi) is 6.37. The molecule has 0 aromatic carbocycles. The number of aryl methyl sites for hydroxylation is 1. The Morgan fingerprint density at radius 2 is 2.00 bits per heavy atom. The van der Waals surface area contributed by atoms with Crippen LogP contribution in [-0.4, -0.2) is 28.2 Å². The molecule has 0 bridgehead atoms. The molecular weight excluding hydrogens is 290 g/mol. The van der Waals surface area contributed by atoms with Gasteiger partial charge in [-0.2, -0.15) is 4.98 Å². The van der Waals surface area contributed by atoms with Crippen LogP contribution >= 0.6 is 11.6 Å². The van der Waals surface area contributed by atoms with Gasteiger partial charge in [-0.15, -0.1) is 0 Å². The zero-order valence-electron chi connectivity index (χ0n) is 12.0. The van der Waals surface area contributed by atoms with E-state index in [1.807, 2.05) is 19.1 Å². The molecule has 0 aliphatic carbocycles. The molecule has 0 aliphatic heterocycles. The molecule has 0 fully saturated rings. The largest absolute Gasteiger partial charge is 0.478 e. The van der Waals surface area contributed by atoms with E-state index in [0.29, 0.717) is 36.7 Å². The van der Waals surface area contributed by atoms with E-state index < -0.39 is 0 Å². The minimum absolute atomic E-state index is 0.338. The van der Waals surface area contributed by atoms with Crippen LogP contribution in [0, 0.1) is 0 Å². The van der Waals surface area contributed by atoms with Crippen LogP contribution in [0.3, 0.4) is 0 Å². The highest BCUT2D eigenvalue weighted by Gasteiger charge is 2.04. The van der Waals surface area contributed by atoms with Crippen molar-refractivity contribution in [3.63, 3.8) is 0 Å². The van der Waals surface area contributed by atoms with Crippen molar-refractivity contribution < 1.29 is 9.47 Å². The van der Waals surface area contributed by atoms with Gasteiger partial charge in [0.05, 0.1) is 6.61 Å². The van der Waals surface area contributed by atoms with E-state index in [2.05, 4.69) is 15.0 Å². The molecule has 0 N–H and O–H groups in total. The Labute approximate surface area is 129 Å². The fraction of sp³-hybridized carbons (Fsp3) is 0.400. The van der Waals surface area contributed by atoms with Crippen LogP contribution in [0.2, 0.25) is 5.15 Å². The summed E-state index contributed by atoms with van der Waals surface area (Å²) in [6.45, 7) is 3.44. The normalized spacial score (nSPS) is 10.6. The smallest absolute Gasteiger partial charge is 0.218 e. The quantitative estimate of drug-likeness (QED) is 0.554. The van der Waals surface area contributed by atoms with Crippen molar-refractivity contribution in [3.8, 4) is 5.88 Å². The van der Waals surface area contributed by atoms with E-state index >= 15 is 0 Å². The maximum absolute atomic E-state index is 5.94. The summed E-state index contributed by atoms with van der Waals surface area (Å²) in [5.41, 5.74) is 1.24. The summed E-state index contributed by atoms with van der Waals surface area (Å²) in [6.07, 6.45) is 5.42. The highest BCUT2D eigenvalue weighted by Crippen LogP contribution is 2.14. The van der Waals surface area contributed by atoms with E-state index in [1.54, 1.807) is 18.5 Å². The predicted molar refractivity (Wildman–Crippen MR) is 80.4 cm³/mol. The van der Waals surface area contributed by atoms with Crippen molar-refractivity contribution in [3.05, 3.63) is 47.1 Å². The number of rotatable bonds is 8. The molecule has 0 aliphatic rings. The summed E-state index contributed by atoms with van der Waals surface area (Å²) < 4.78 is 10.9. The average molecular weight is 308 g/mol. The Balaban J connectivity index is 1.81. The van der Waals surface area contributed by atoms with E-state index in [-0.39, 0.29) is 0 Å². The molecule has 0 radical (unpaired) electrons. The third kappa shape index (κ3) is 5.65. The van der Waals surface area contributed by atoms with Gasteiger partial charge in [0.2, 0.25) is 5.88 Å². The van der Waals surface area contributed by atoms with E-state index in [1.165, 1.54) is 5.56 Å². The molecule has 6 heteroatoms. The number of ether oxygens (including phenoxy) is 2. The van der Waals surface area contributed by atoms with Crippen LogP contribution in [-0.2, 0) is 17.8 Å². The van der Waals surface area contributed by atoms with Crippen molar-refractivity contribution in [1.82, 2.24) is 15.0 Å². The molecule has 0 saturated heterocycles. The van der Waals surface area contributed by atoms with Crippen molar-refractivity contribution in [1.29, 1.82) is 0 Å². The monoisotopic (exact) mass is 307 g/mol. The molecule has 5 nitrogen and oxygen atoms in total. The van der Waals surface area contributed by atoms with Crippen LogP contribution in [0.15, 0.2) is 30.6 Å². The molecule has 2 rings (SSSR count). The topological polar surface area (TPSA) is 57.1 Å². The number of nitrogens with zero attached hydrogens (tertiary/aromatic N) is 3. The lowest BCUT2D eigenvalue weighted by Crippen LogP contribution is -2.05. The molecule has 0 atom stereocenters. The molecule has 21 heavy (non-hydrogen) atoms. The molecule has 0 spiro atoms. The lowest BCUT2D eigenvalue weighted by molar-refractivity contribution is 0.127. The van der Waals surface area contributed by atoms with Crippen molar-refractivity contribution in [2.24, 2.45) is 0 Å². The standard InChI is InChI=1S/C15H18ClN3O2/c1-2-20-11-14-18-13(16)10-15(19-14)21-9-3-4-12-5-7-17-8-6-12/h5-8,10H,2-4,9,11H2,1H3. The summed E-state index contributed by atoms with van der Waals surface area (Å²) in [7, 11) is 0. The van der Waals surface area contributed by atoms with Gasteiger partial charge in [-0.3, -0.25) is 4.98 Å². The van der Waals surface area contributed by atoms with E-state index in [4.69, 9.17) is 21.1 Å². The first kappa shape index (κ1) is 15.7. The van der Waals surface area contributed by atoms with Gasteiger partial charge in [0, 0.05) is 25.1 Å². The first-order valence-electron chi connectivity index (χ1n) is 6.91. The second-order valence-corrected chi connectivity index (χ2v) is 4.78. The lowest BCUT2D eigenvalue weighted by atomic mass is 10.1. The van der Waals surface area contributed by atoms with Crippen molar-refractivity contribution >= 4 is 11.6 Å². The van der Waals surface area contributed by atoms with Crippen LogP contribution < -0.4 is 4.74 Å². The highest BCUT2D eigenvalue weighted by atomic mass is 35.5. The predicted octanol–water partition coefficient (Wildman–Crippen LogP) is 3.07. The Bertz CT molecular complexity index is 552. The van der Waals surface area contributed by atoms with E-state index in [0.717, 1.165) is 12.8 Å². The molecule has 112 valence electrons. The van der Waals surface area contributed by atoms with Gasteiger partial charge in [0.25, 0.3) is 0 Å². The second-order valence-electron chi connectivity index (χ2n) is 4.39. The zero-order valence-corrected chi connectivity index (χ0v) is 12.7. The van der Waals surface area contributed by atoms with Gasteiger partial charge in [-0.1, -0.05) is 11.6 Å². The van der Waals surface area contributed by atoms with Gasteiger partial charge in [0.1, 0.15) is 11.8 Å². The highest BCUT2D eigenvalue weighted by molar-refractivity contribution is 6.29. The minimum atomic E-state index is 0.338. The lowest BCUT2D eigenvalue weighted by Gasteiger charge is -2.07. The zero-order chi connectivity index (χ0) is 14.9. The van der Waals surface area contributed by atoms with Gasteiger partial charge >= 0.3 is 0 Å². The van der Waals surface area contributed by atoms with E-state index in [9.17, 15) is 0 Å². The third-order valence-electron chi connectivity index (χ3n) is 2.76. The van der Waals surface area contributed by atoms with Crippen LogP contribution in [0.25, 0.3) is 0 Å². The van der Waals surface area contributed by atoms with Gasteiger partial charge < -0.3 is 9.47 Å². The molecule has 2 aromatic rings. The summed E-state index contributed by atoms with van der Waals surface area (Å²) in [6, 6.07) is 5.62. The maximum atomic E-state index is 5.94. The molecule has 2 aromatic heterocycles. The fourth-order valence-corrected chi connectivity index (χ4v) is 1.97. The molecule has 0 amide bonds. The fourth-order valence-electron chi connectivity index (χ4n) is 1.78. The minimum Gasteiger partial charge on any atom is -0.478 e. The summed E-state index contributed by atoms with van der Waals surface area (Å²) in [5.74, 6) is 1.02. The van der Waals surface area contributed by atoms with Crippen LogP contribution in [0.4, 0.5) is 0 Å². The number of hydrogen-bond acceptors (Lipinski definition) is 5. The first-order valence-corrected chi connectivity index (χ1v) is 7.28. The Hall–Kier alpha value is -1.72. The number of pyridine rings is 1. The SMILES string of the molecule is CCOCc1nc(Cl)cc(OCCCc2ccncc2)n1. The third-order valence-corrected chi connectivity index (χ3v) is 2.96. The van der Waals surface area contributed by atoms with Crippen LogP contribution in [0.5, 0.6) is 5.88 Å². The number of aromatic nitrogens is 3. The molecular formula is C15H18ClN3O2. The van der Waals surface area contributed by atoms with Crippen molar-refractivity contribution in [2.45, 2.75) is 26.4 Å². The Morgan fingerprint density at radius 3 is 2.76 bits per heavy atom. The summed E-state index contributed by atoms with van der Waals surface area (Å²) in [5, 5.41) is 0.365. The maximum Gasteiger partial charge on any atom is 0.218 e. The summed E-state index contributed by atoms with van der Waals surface area (Å²) >= 11 is 5.94. The van der Waals surface area contributed by atoms with Gasteiger partial charge in [0.15, 0.2) is 5.82 Å². The molecule has 2 heterocycles. The second kappa shape index (κ2) is 8.54. The molecule has 0 unspecified atom stereocenters. The number of hydrogen-bond donors (Lipinski definition) is 0. The van der Waals surface area contributed by atoms with Gasteiger partial charge in [-0.25, -0.2) is 4.98 Å².